The summed E-state index contributed by atoms with van der Waals surface area (Å²) >= 11 is 7.43. The minimum Gasteiger partial charge on any atom is -0.493 e. The number of amides is 1. The van der Waals surface area contributed by atoms with Crippen LogP contribution in [-0.4, -0.2) is 49.5 Å². The average Bonchev–Trinajstić information content (AvgIpc) is 3.33. The van der Waals surface area contributed by atoms with E-state index in [1.807, 2.05) is 39.8 Å². The van der Waals surface area contributed by atoms with Crippen LogP contribution in [0.15, 0.2) is 53.8 Å². The first-order valence-corrected chi connectivity index (χ1v) is 10.7. The van der Waals surface area contributed by atoms with E-state index in [0.717, 1.165) is 29.7 Å². The standard InChI is InChI=1S/C20H20ClN5O2S/c21-15-6-8-16(9-7-15)28-12-13-29-20-24-23-18(14-25-11-3-5-19(25)27)26(20)17-4-1-2-10-22-17/h1-2,4,6-10H,3,5,11-14H2. The van der Waals surface area contributed by atoms with Crippen LogP contribution in [0.25, 0.3) is 5.82 Å². The van der Waals surface area contributed by atoms with Crippen molar-refractivity contribution in [2.75, 3.05) is 18.9 Å². The summed E-state index contributed by atoms with van der Waals surface area (Å²) in [7, 11) is 0. The minimum atomic E-state index is 0.158. The van der Waals surface area contributed by atoms with E-state index in [1.165, 1.54) is 11.8 Å². The smallest absolute Gasteiger partial charge is 0.223 e. The third-order valence-electron chi connectivity index (χ3n) is 4.48. The summed E-state index contributed by atoms with van der Waals surface area (Å²) < 4.78 is 7.67. The van der Waals surface area contributed by atoms with Crippen LogP contribution < -0.4 is 4.74 Å². The number of carbonyl (C=O) groups is 1. The highest BCUT2D eigenvalue weighted by atomic mass is 35.5. The number of pyridine rings is 1. The fraction of sp³-hybridized carbons (Fsp3) is 0.300. The van der Waals surface area contributed by atoms with Gasteiger partial charge in [0.1, 0.15) is 11.6 Å². The van der Waals surface area contributed by atoms with E-state index in [0.29, 0.717) is 36.2 Å². The molecule has 0 atom stereocenters. The Hall–Kier alpha value is -2.58. The highest BCUT2D eigenvalue weighted by Gasteiger charge is 2.24. The second-order valence-corrected chi connectivity index (χ2v) is 7.99. The fourth-order valence-corrected chi connectivity index (χ4v) is 3.98. The molecule has 2 aromatic heterocycles. The molecule has 1 aromatic carbocycles. The normalized spacial score (nSPS) is 13.8. The van der Waals surface area contributed by atoms with Gasteiger partial charge in [-0.15, -0.1) is 10.2 Å². The van der Waals surface area contributed by atoms with E-state index in [9.17, 15) is 4.79 Å². The highest BCUT2D eigenvalue weighted by Crippen LogP contribution is 2.23. The largest absolute Gasteiger partial charge is 0.493 e. The minimum absolute atomic E-state index is 0.158. The van der Waals surface area contributed by atoms with Crippen molar-refractivity contribution in [2.24, 2.45) is 0 Å². The van der Waals surface area contributed by atoms with Crippen LogP contribution in [0.2, 0.25) is 5.02 Å². The molecule has 0 aliphatic carbocycles. The lowest BCUT2D eigenvalue weighted by atomic mass is 10.3. The van der Waals surface area contributed by atoms with Gasteiger partial charge in [0.05, 0.1) is 13.2 Å². The van der Waals surface area contributed by atoms with Crippen LogP contribution in [0.5, 0.6) is 5.75 Å². The Morgan fingerprint density at radius 1 is 1.14 bits per heavy atom. The van der Waals surface area contributed by atoms with Crippen molar-refractivity contribution in [3.63, 3.8) is 0 Å². The third kappa shape index (κ3) is 4.89. The average molecular weight is 430 g/mol. The van der Waals surface area contributed by atoms with E-state index >= 15 is 0 Å². The Morgan fingerprint density at radius 3 is 2.72 bits per heavy atom. The molecule has 1 aliphatic heterocycles. The number of halogens is 1. The van der Waals surface area contributed by atoms with Crippen LogP contribution in [0.1, 0.15) is 18.7 Å². The van der Waals surface area contributed by atoms with Crippen molar-refractivity contribution in [3.8, 4) is 11.6 Å². The number of hydrogen-bond acceptors (Lipinski definition) is 6. The number of ether oxygens (including phenoxy) is 1. The molecule has 0 unspecified atom stereocenters. The fourth-order valence-electron chi connectivity index (χ4n) is 3.08. The molecule has 1 amide bonds. The summed E-state index contributed by atoms with van der Waals surface area (Å²) in [5, 5.41) is 10.1. The number of carbonyl (C=O) groups excluding carboxylic acids is 1. The third-order valence-corrected chi connectivity index (χ3v) is 5.62. The van der Waals surface area contributed by atoms with Crippen LogP contribution in [0.3, 0.4) is 0 Å². The van der Waals surface area contributed by atoms with Crippen molar-refractivity contribution in [1.82, 2.24) is 24.6 Å². The summed E-state index contributed by atoms with van der Waals surface area (Å²) in [6, 6.07) is 13.0. The molecule has 150 valence electrons. The molecule has 0 bridgehead atoms. The maximum atomic E-state index is 12.0. The van der Waals surface area contributed by atoms with Crippen molar-refractivity contribution in [3.05, 3.63) is 59.5 Å². The monoisotopic (exact) mass is 429 g/mol. The van der Waals surface area contributed by atoms with Crippen molar-refractivity contribution >= 4 is 29.3 Å². The molecule has 0 spiro atoms. The van der Waals surface area contributed by atoms with Crippen LogP contribution in [0, 0.1) is 0 Å². The lowest BCUT2D eigenvalue weighted by Crippen LogP contribution is -2.25. The highest BCUT2D eigenvalue weighted by molar-refractivity contribution is 7.99. The summed E-state index contributed by atoms with van der Waals surface area (Å²) in [6.07, 6.45) is 3.22. The molecule has 0 N–H and O–H groups in total. The molecule has 9 heteroatoms. The maximum Gasteiger partial charge on any atom is 0.223 e. The van der Waals surface area contributed by atoms with Crippen LogP contribution in [-0.2, 0) is 11.3 Å². The number of rotatable bonds is 8. The van der Waals surface area contributed by atoms with Gasteiger partial charge in [-0.1, -0.05) is 29.4 Å². The van der Waals surface area contributed by atoms with E-state index in [4.69, 9.17) is 16.3 Å². The van der Waals surface area contributed by atoms with Gasteiger partial charge in [0.2, 0.25) is 5.91 Å². The zero-order chi connectivity index (χ0) is 20.1. The Kier molecular flexibility index (Phi) is 6.31. The molecule has 3 aromatic rings. The second-order valence-electron chi connectivity index (χ2n) is 6.49. The zero-order valence-corrected chi connectivity index (χ0v) is 17.3. The van der Waals surface area contributed by atoms with Gasteiger partial charge in [-0.05, 0) is 42.8 Å². The molecule has 4 rings (SSSR count). The van der Waals surface area contributed by atoms with Crippen molar-refractivity contribution in [2.45, 2.75) is 24.5 Å². The first-order chi connectivity index (χ1) is 14.2. The quantitative estimate of drug-likeness (QED) is 0.402. The molecule has 0 radical (unpaired) electrons. The zero-order valence-electron chi connectivity index (χ0n) is 15.7. The molecule has 7 nitrogen and oxygen atoms in total. The number of benzene rings is 1. The van der Waals surface area contributed by atoms with Crippen molar-refractivity contribution in [1.29, 1.82) is 0 Å². The van der Waals surface area contributed by atoms with E-state index in [-0.39, 0.29) is 5.91 Å². The number of thioether (sulfide) groups is 1. The first kappa shape index (κ1) is 19.7. The van der Waals surface area contributed by atoms with E-state index < -0.39 is 0 Å². The number of nitrogens with zero attached hydrogens (tertiary/aromatic N) is 5. The predicted octanol–water partition coefficient (Wildman–Crippen LogP) is 3.61. The van der Waals surface area contributed by atoms with Gasteiger partial charge in [-0.25, -0.2) is 4.98 Å². The lowest BCUT2D eigenvalue weighted by Gasteiger charge is -2.16. The van der Waals surface area contributed by atoms with Gasteiger partial charge in [0, 0.05) is 29.9 Å². The molecule has 3 heterocycles. The molecule has 0 saturated carbocycles. The molecular weight excluding hydrogens is 410 g/mol. The topological polar surface area (TPSA) is 73.1 Å². The van der Waals surface area contributed by atoms with Crippen molar-refractivity contribution < 1.29 is 9.53 Å². The SMILES string of the molecule is O=C1CCCN1Cc1nnc(SCCOc2ccc(Cl)cc2)n1-c1ccccn1. The molecular formula is C20H20ClN5O2S. The Morgan fingerprint density at radius 2 is 2.00 bits per heavy atom. The Labute approximate surface area is 178 Å². The first-order valence-electron chi connectivity index (χ1n) is 9.35. The summed E-state index contributed by atoms with van der Waals surface area (Å²) in [5.41, 5.74) is 0. The Balaban J connectivity index is 1.45. The van der Waals surface area contributed by atoms with Gasteiger partial charge in [0.25, 0.3) is 0 Å². The van der Waals surface area contributed by atoms with E-state index in [2.05, 4.69) is 15.2 Å². The van der Waals surface area contributed by atoms with Gasteiger partial charge in [-0.2, -0.15) is 0 Å². The predicted molar refractivity (Wildman–Crippen MR) is 111 cm³/mol. The maximum absolute atomic E-state index is 12.0. The number of hydrogen-bond donors (Lipinski definition) is 0. The molecule has 1 aliphatic rings. The number of aromatic nitrogens is 4. The van der Waals surface area contributed by atoms with Gasteiger partial charge < -0.3 is 9.64 Å². The van der Waals surface area contributed by atoms with Gasteiger partial charge in [0.15, 0.2) is 11.0 Å². The number of likely N-dealkylation sites (tertiary alicyclic amines) is 1. The second kappa shape index (κ2) is 9.28. The summed E-state index contributed by atoms with van der Waals surface area (Å²) in [5.74, 6) is 3.07. The lowest BCUT2D eigenvalue weighted by molar-refractivity contribution is -0.128. The van der Waals surface area contributed by atoms with Gasteiger partial charge >= 0.3 is 0 Å². The van der Waals surface area contributed by atoms with Crippen LogP contribution >= 0.6 is 23.4 Å². The van der Waals surface area contributed by atoms with Gasteiger partial charge in [-0.3, -0.25) is 9.36 Å². The van der Waals surface area contributed by atoms with E-state index in [1.54, 1.807) is 18.3 Å². The summed E-state index contributed by atoms with van der Waals surface area (Å²) in [6.45, 7) is 1.71. The Bertz CT molecular complexity index is 965. The molecule has 1 saturated heterocycles. The molecule has 29 heavy (non-hydrogen) atoms. The van der Waals surface area contributed by atoms with Crippen LogP contribution in [0.4, 0.5) is 0 Å². The molecule has 1 fully saturated rings. The summed E-state index contributed by atoms with van der Waals surface area (Å²) in [4.78, 5) is 18.3.